The Bertz CT molecular complexity index is 1320. The molecule has 0 radical (unpaired) electrons. The molecule has 0 spiro atoms. The maximum atomic E-state index is 12.8. The molecule has 1 aromatic heterocycles. The molecule has 202 valence electrons. The van der Waals surface area contributed by atoms with E-state index in [1.54, 1.807) is 26.6 Å². The lowest BCUT2D eigenvalue weighted by Crippen LogP contribution is -2.43. The zero-order chi connectivity index (χ0) is 26.7. The lowest BCUT2D eigenvalue weighted by molar-refractivity contribution is 0.207. The van der Waals surface area contributed by atoms with Crippen molar-refractivity contribution in [1.29, 1.82) is 0 Å². The van der Waals surface area contributed by atoms with E-state index in [-0.39, 0.29) is 0 Å². The van der Waals surface area contributed by atoms with Gasteiger partial charge < -0.3 is 29.7 Å². The van der Waals surface area contributed by atoms with Crippen molar-refractivity contribution in [2.24, 2.45) is 0 Å². The number of nitrogens with zero attached hydrogens (tertiary/aromatic N) is 4. The van der Waals surface area contributed by atoms with Crippen LogP contribution >= 0.6 is 18.7 Å². The number of halogens is 1. The highest BCUT2D eigenvalue weighted by molar-refractivity contribution is 7.70. The van der Waals surface area contributed by atoms with Crippen molar-refractivity contribution >= 4 is 52.9 Å². The fraction of sp³-hybridized carbons (Fsp3) is 0.429. The fourth-order valence-corrected chi connectivity index (χ4v) is 6.71. The van der Waals surface area contributed by atoms with Gasteiger partial charge in [-0.3, -0.25) is 0 Å². The molecule has 2 fully saturated rings. The van der Waals surface area contributed by atoms with Gasteiger partial charge in [0.2, 0.25) is 5.95 Å². The Balaban J connectivity index is 1.30. The Morgan fingerprint density at radius 2 is 1.76 bits per heavy atom. The highest BCUT2D eigenvalue weighted by atomic mass is 35.5. The molecule has 38 heavy (non-hydrogen) atoms. The molecule has 0 bridgehead atoms. The summed E-state index contributed by atoms with van der Waals surface area (Å²) in [4.78, 5) is 14.0. The molecule has 0 aliphatic carbocycles. The van der Waals surface area contributed by atoms with E-state index in [0.29, 0.717) is 28.5 Å². The number of hydrogen-bond acceptors (Lipinski definition) is 8. The van der Waals surface area contributed by atoms with Gasteiger partial charge in [-0.25, -0.2) is 4.98 Å². The highest BCUT2D eigenvalue weighted by Gasteiger charge is 2.27. The van der Waals surface area contributed by atoms with Crippen LogP contribution in [-0.4, -0.2) is 67.5 Å². The van der Waals surface area contributed by atoms with Crippen LogP contribution in [0.2, 0.25) is 5.02 Å². The minimum Gasteiger partial charge on any atom is -0.495 e. The van der Waals surface area contributed by atoms with Gasteiger partial charge in [0.15, 0.2) is 5.82 Å². The summed E-state index contributed by atoms with van der Waals surface area (Å²) in [5.41, 5.74) is 2.64. The van der Waals surface area contributed by atoms with Crippen LogP contribution in [0, 0.1) is 0 Å². The Kier molecular flexibility index (Phi) is 8.12. The third-order valence-corrected chi connectivity index (χ3v) is 9.21. The van der Waals surface area contributed by atoms with Crippen molar-refractivity contribution in [2.75, 3.05) is 62.2 Å². The molecule has 0 amide bonds. The zero-order valence-corrected chi connectivity index (χ0v) is 23.9. The monoisotopic (exact) mass is 554 g/mol. The predicted octanol–water partition coefficient (Wildman–Crippen LogP) is 5.94. The molecule has 0 unspecified atom stereocenters. The van der Waals surface area contributed by atoms with Crippen molar-refractivity contribution in [3.05, 3.63) is 53.7 Å². The summed E-state index contributed by atoms with van der Waals surface area (Å²) in [6.07, 6.45) is 6.60. The van der Waals surface area contributed by atoms with Crippen molar-refractivity contribution in [3.8, 4) is 5.75 Å². The molecule has 8 nitrogen and oxygen atoms in total. The lowest BCUT2D eigenvalue weighted by Gasteiger charge is -2.38. The van der Waals surface area contributed by atoms with Gasteiger partial charge in [0.05, 0.1) is 24.7 Å². The van der Waals surface area contributed by atoms with Crippen LogP contribution in [0.3, 0.4) is 0 Å². The van der Waals surface area contributed by atoms with Crippen LogP contribution in [0.5, 0.6) is 5.75 Å². The Labute approximate surface area is 230 Å². The average molecular weight is 555 g/mol. The lowest BCUT2D eigenvalue weighted by atomic mass is 10.0. The van der Waals surface area contributed by atoms with Crippen LogP contribution in [-0.2, 0) is 4.57 Å². The number of aromatic nitrogens is 2. The fourth-order valence-electron chi connectivity index (χ4n) is 5.42. The van der Waals surface area contributed by atoms with Crippen LogP contribution in [0.25, 0.3) is 0 Å². The van der Waals surface area contributed by atoms with E-state index in [9.17, 15) is 4.57 Å². The normalized spacial score (nSPS) is 17.0. The van der Waals surface area contributed by atoms with Gasteiger partial charge in [0, 0.05) is 36.2 Å². The standard InChI is InChI=1S/C28H36ClN6O2P/c1-37-25-18-20(10-11-24(25)35-16-12-21(13-17-35)34-14-6-7-15-34)31-28-30-19-22(29)27(33-28)32-23-8-4-5-9-26(23)38(2,3)36/h4-5,8-11,18-19,21H,6-7,12-17H2,1-3H3,(H2,30,31,32,33). The molecule has 2 aliphatic rings. The molecular formula is C28H36ClN6O2P. The summed E-state index contributed by atoms with van der Waals surface area (Å²) in [5.74, 6) is 1.65. The predicted molar refractivity (Wildman–Crippen MR) is 158 cm³/mol. The van der Waals surface area contributed by atoms with Crippen LogP contribution in [0.15, 0.2) is 48.7 Å². The number of likely N-dealkylation sites (tertiary alicyclic amines) is 1. The maximum Gasteiger partial charge on any atom is 0.229 e. The molecule has 2 aromatic carbocycles. The van der Waals surface area contributed by atoms with Gasteiger partial charge in [-0.1, -0.05) is 23.7 Å². The van der Waals surface area contributed by atoms with Crippen molar-refractivity contribution in [3.63, 3.8) is 0 Å². The number of methoxy groups -OCH3 is 1. The summed E-state index contributed by atoms with van der Waals surface area (Å²) in [6, 6.07) is 14.3. The Hall–Kier alpha value is -2.80. The van der Waals surface area contributed by atoms with Gasteiger partial charge >= 0.3 is 0 Å². The van der Waals surface area contributed by atoms with E-state index in [1.165, 1.54) is 38.8 Å². The SMILES string of the molecule is COc1cc(Nc2ncc(Cl)c(Nc3ccccc3P(C)(C)=O)n2)ccc1N1CCC(N2CCCC2)CC1. The second-order valence-electron chi connectivity index (χ2n) is 10.4. The number of para-hydroxylation sites is 1. The zero-order valence-electron chi connectivity index (χ0n) is 22.3. The molecule has 2 aliphatic heterocycles. The largest absolute Gasteiger partial charge is 0.495 e. The van der Waals surface area contributed by atoms with E-state index < -0.39 is 7.14 Å². The summed E-state index contributed by atoms with van der Waals surface area (Å²) in [6.45, 7) is 8.06. The topological polar surface area (TPSA) is 82.6 Å². The van der Waals surface area contributed by atoms with E-state index in [1.807, 2.05) is 36.4 Å². The second kappa shape index (κ2) is 11.5. The van der Waals surface area contributed by atoms with Crippen molar-refractivity contribution in [2.45, 2.75) is 31.7 Å². The number of nitrogens with one attached hydrogen (secondary N) is 2. The van der Waals surface area contributed by atoms with E-state index in [4.69, 9.17) is 16.3 Å². The highest BCUT2D eigenvalue weighted by Crippen LogP contribution is 2.39. The third-order valence-electron chi connectivity index (χ3n) is 7.38. The second-order valence-corrected chi connectivity index (χ2v) is 13.9. The van der Waals surface area contributed by atoms with Crippen LogP contribution in [0.4, 0.5) is 28.8 Å². The summed E-state index contributed by atoms with van der Waals surface area (Å²) in [5, 5.41) is 7.63. The van der Waals surface area contributed by atoms with Gasteiger partial charge in [-0.05, 0) is 76.4 Å². The van der Waals surface area contributed by atoms with Gasteiger partial charge in [0.1, 0.15) is 17.9 Å². The molecular weight excluding hydrogens is 519 g/mol. The summed E-state index contributed by atoms with van der Waals surface area (Å²) in [7, 11) is -0.788. The molecule has 3 aromatic rings. The minimum atomic E-state index is -2.49. The van der Waals surface area contributed by atoms with E-state index in [0.717, 1.165) is 35.5 Å². The Morgan fingerprint density at radius 1 is 1.03 bits per heavy atom. The van der Waals surface area contributed by atoms with E-state index >= 15 is 0 Å². The first-order chi connectivity index (χ1) is 18.3. The smallest absolute Gasteiger partial charge is 0.229 e. The number of ether oxygens (including phenoxy) is 1. The van der Waals surface area contributed by atoms with Gasteiger partial charge in [0.25, 0.3) is 0 Å². The first-order valence-electron chi connectivity index (χ1n) is 13.2. The van der Waals surface area contributed by atoms with Crippen molar-refractivity contribution < 1.29 is 9.30 Å². The molecule has 0 atom stereocenters. The molecule has 2 saturated heterocycles. The molecule has 0 saturated carbocycles. The summed E-state index contributed by atoms with van der Waals surface area (Å²) < 4.78 is 18.5. The molecule has 5 rings (SSSR count). The number of benzene rings is 2. The first kappa shape index (κ1) is 26.8. The number of hydrogen-bond donors (Lipinski definition) is 2. The molecule has 10 heteroatoms. The minimum absolute atomic E-state index is 0.373. The first-order valence-corrected chi connectivity index (χ1v) is 16.2. The van der Waals surface area contributed by atoms with Crippen LogP contribution in [0.1, 0.15) is 25.7 Å². The number of rotatable bonds is 8. The van der Waals surface area contributed by atoms with Crippen LogP contribution < -0.4 is 25.6 Å². The average Bonchev–Trinajstić information content (AvgIpc) is 3.46. The van der Waals surface area contributed by atoms with Gasteiger partial charge in [-0.15, -0.1) is 0 Å². The molecule has 2 N–H and O–H groups in total. The number of piperidine rings is 1. The van der Waals surface area contributed by atoms with Crippen molar-refractivity contribution in [1.82, 2.24) is 14.9 Å². The third kappa shape index (κ3) is 6.09. The Morgan fingerprint density at radius 3 is 2.47 bits per heavy atom. The molecule has 3 heterocycles. The quantitative estimate of drug-likeness (QED) is 0.331. The number of anilines is 5. The van der Waals surface area contributed by atoms with Gasteiger partial charge in [-0.2, -0.15) is 4.98 Å². The van der Waals surface area contributed by atoms with E-state index in [2.05, 4.69) is 36.5 Å². The maximum absolute atomic E-state index is 12.8. The summed E-state index contributed by atoms with van der Waals surface area (Å²) >= 11 is 6.41.